The zero-order valence-electron chi connectivity index (χ0n) is 41.9. The molecule has 10 atom stereocenters. The van der Waals surface area contributed by atoms with E-state index in [0.717, 1.165) is 0 Å². The average molecular weight is 1070 g/mol. The van der Waals surface area contributed by atoms with Crippen LogP contribution in [0.3, 0.4) is 0 Å². The van der Waals surface area contributed by atoms with Crippen LogP contribution in [0.5, 0.6) is 5.75 Å². The number of rotatable bonds is 34. The Labute approximate surface area is 432 Å². The number of phenolic OH excluding ortho intramolecular Hbond substituents is 1. The number of amides is 9. The SMILES string of the molecule is CC(O)C(C=O)NC(=O)CNC(=O)[C@H](C)NC(=O)[C@@H]1CCCN1C(=O)[C@H](Cc1ccc(O)cc1)NC(=O)[C@H](CO)NC(=O)[C@H](CO)NC(=O)[C@H](CCCNC(N)N)NC(=O)[C@H](CO)NC(=O)[C@@H](N)CCCNC(N)N. The standard InChI is InChI=1S/C44H76N16O15/c1-22(35(68)52-17-34(67)54-29(18-61)23(2)65)53-41(74)33-8-5-15-60(33)42(75)28(16-24-9-11-25(66)12-10-24)56-39(72)31(20-63)59-40(73)32(21-64)58-37(70)27(7-4-14-51-44(48)49)55-38(71)30(19-62)57-36(69)26(45)6-3-13-50-43(46)47/h9-12,18,22-23,26-33,43-44,50-51,62-66H,3-8,13-17,19-21,45-49H2,1-2H3,(H,52,68)(H,53,74)(H,54,67)(H,55,71)(H,56,72)(H,57,69)(H,58,70)(H,59,73)/t22-,23?,26-,27-,28-,29?,30-,31-,32-,33-/m0/s1. The lowest BCUT2D eigenvalue weighted by atomic mass is 10.0. The number of phenols is 1. The second kappa shape index (κ2) is 33.4. The minimum atomic E-state index is -1.83. The fraction of sp³-hybridized carbons (Fsp3) is 0.636. The topological polar surface area (TPSA) is 525 Å². The lowest BCUT2D eigenvalue weighted by Crippen LogP contribution is -2.61. The van der Waals surface area contributed by atoms with Gasteiger partial charge < -0.3 is 106 Å². The van der Waals surface area contributed by atoms with Crippen LogP contribution in [0.1, 0.15) is 57.9 Å². The van der Waals surface area contributed by atoms with E-state index in [-0.39, 0.29) is 50.9 Å². The van der Waals surface area contributed by atoms with Crippen molar-refractivity contribution in [1.29, 1.82) is 0 Å². The normalized spacial score (nSPS) is 16.9. The molecule has 0 radical (unpaired) electrons. The molecule has 25 N–H and O–H groups in total. The Bertz CT molecular complexity index is 2050. The van der Waals surface area contributed by atoms with Gasteiger partial charge in [-0.3, -0.25) is 53.8 Å². The molecule has 9 amide bonds. The van der Waals surface area contributed by atoms with Crippen molar-refractivity contribution in [2.24, 2.45) is 28.7 Å². The van der Waals surface area contributed by atoms with E-state index in [4.69, 9.17) is 28.7 Å². The third-order valence-electron chi connectivity index (χ3n) is 11.5. The van der Waals surface area contributed by atoms with Crippen molar-refractivity contribution in [2.75, 3.05) is 46.0 Å². The molecule has 1 aromatic carbocycles. The van der Waals surface area contributed by atoms with E-state index in [9.17, 15) is 73.5 Å². The number of nitrogens with two attached hydrogens (primary N) is 5. The van der Waals surface area contributed by atoms with Gasteiger partial charge in [-0.05, 0) is 83.2 Å². The van der Waals surface area contributed by atoms with Gasteiger partial charge in [0.25, 0.3) is 0 Å². The van der Waals surface area contributed by atoms with Crippen LogP contribution in [0.25, 0.3) is 0 Å². The smallest absolute Gasteiger partial charge is 0.246 e. The lowest BCUT2D eigenvalue weighted by Gasteiger charge is -2.30. The van der Waals surface area contributed by atoms with Gasteiger partial charge in [0.15, 0.2) is 0 Å². The van der Waals surface area contributed by atoms with Crippen molar-refractivity contribution in [2.45, 2.75) is 132 Å². The summed E-state index contributed by atoms with van der Waals surface area (Å²) < 4.78 is 0. The monoisotopic (exact) mass is 1070 g/mol. The molecular weight excluding hydrogens is 993 g/mol. The Balaban J connectivity index is 2.23. The molecule has 1 saturated heterocycles. The van der Waals surface area contributed by atoms with Gasteiger partial charge in [0, 0.05) is 13.0 Å². The molecule has 0 aromatic heterocycles. The molecule has 0 bridgehead atoms. The summed E-state index contributed by atoms with van der Waals surface area (Å²) in [5, 5.41) is 74.1. The van der Waals surface area contributed by atoms with Crippen molar-refractivity contribution in [3.8, 4) is 5.75 Å². The molecule has 1 aliphatic heterocycles. The van der Waals surface area contributed by atoms with Crippen LogP contribution in [0.15, 0.2) is 24.3 Å². The molecule has 1 fully saturated rings. The van der Waals surface area contributed by atoms with Crippen LogP contribution < -0.4 is 81.8 Å². The van der Waals surface area contributed by atoms with Crippen molar-refractivity contribution in [3.05, 3.63) is 29.8 Å². The second-order valence-corrected chi connectivity index (χ2v) is 17.7. The highest BCUT2D eigenvalue weighted by Gasteiger charge is 2.40. The Morgan fingerprint density at radius 2 is 1.13 bits per heavy atom. The highest BCUT2D eigenvalue weighted by Crippen LogP contribution is 2.21. The van der Waals surface area contributed by atoms with Gasteiger partial charge in [-0.2, -0.15) is 0 Å². The van der Waals surface area contributed by atoms with E-state index in [1.165, 1.54) is 43.0 Å². The summed E-state index contributed by atoms with van der Waals surface area (Å²) in [6.45, 7) is -0.604. The van der Waals surface area contributed by atoms with Crippen LogP contribution in [0.2, 0.25) is 0 Å². The maximum atomic E-state index is 14.3. The third-order valence-corrected chi connectivity index (χ3v) is 11.5. The number of aliphatic hydroxyl groups excluding tert-OH is 4. The molecule has 1 aromatic rings. The third kappa shape index (κ3) is 22.9. The van der Waals surface area contributed by atoms with Crippen molar-refractivity contribution in [3.63, 3.8) is 0 Å². The molecule has 0 spiro atoms. The molecule has 422 valence electrons. The van der Waals surface area contributed by atoms with Crippen molar-refractivity contribution < 1.29 is 73.5 Å². The number of nitrogens with zero attached hydrogens (tertiary/aromatic N) is 1. The minimum Gasteiger partial charge on any atom is -0.508 e. The highest BCUT2D eigenvalue weighted by atomic mass is 16.3. The number of hydrogen-bond acceptors (Lipinski definition) is 22. The quantitative estimate of drug-likeness (QED) is 0.0173. The second-order valence-electron chi connectivity index (χ2n) is 17.7. The summed E-state index contributed by atoms with van der Waals surface area (Å²) in [5.41, 5.74) is 28.3. The van der Waals surface area contributed by atoms with Crippen LogP contribution in [0.4, 0.5) is 0 Å². The summed E-state index contributed by atoms with van der Waals surface area (Å²) in [4.78, 5) is 132. The zero-order valence-corrected chi connectivity index (χ0v) is 41.9. The van der Waals surface area contributed by atoms with Crippen LogP contribution >= 0.6 is 0 Å². The van der Waals surface area contributed by atoms with Gasteiger partial charge >= 0.3 is 0 Å². The number of aliphatic hydroxyl groups is 4. The fourth-order valence-corrected chi connectivity index (χ4v) is 7.29. The molecule has 0 saturated carbocycles. The summed E-state index contributed by atoms with van der Waals surface area (Å²) >= 11 is 0. The summed E-state index contributed by atoms with van der Waals surface area (Å²) in [6.07, 6.45) is -1.90. The van der Waals surface area contributed by atoms with Gasteiger partial charge in [0.1, 0.15) is 72.9 Å². The van der Waals surface area contributed by atoms with Gasteiger partial charge in [0.2, 0.25) is 53.2 Å². The summed E-state index contributed by atoms with van der Waals surface area (Å²) in [7, 11) is 0. The Hall–Kier alpha value is -6.52. The number of carbonyl (C=O) groups excluding carboxylic acids is 10. The predicted octanol–water partition coefficient (Wildman–Crippen LogP) is -10.5. The fourth-order valence-electron chi connectivity index (χ4n) is 7.29. The lowest BCUT2D eigenvalue weighted by molar-refractivity contribution is -0.142. The first-order valence-electron chi connectivity index (χ1n) is 24.1. The van der Waals surface area contributed by atoms with Crippen LogP contribution in [0, 0.1) is 0 Å². The number of benzene rings is 1. The maximum absolute atomic E-state index is 14.3. The van der Waals surface area contributed by atoms with E-state index in [2.05, 4.69) is 53.2 Å². The average Bonchev–Trinajstić information content (AvgIpc) is 3.87. The first-order valence-corrected chi connectivity index (χ1v) is 24.1. The van der Waals surface area contributed by atoms with E-state index in [1.54, 1.807) is 0 Å². The Kier molecular flexibility index (Phi) is 28.8. The van der Waals surface area contributed by atoms with Gasteiger partial charge in [-0.15, -0.1) is 0 Å². The van der Waals surface area contributed by atoms with Gasteiger partial charge in [0.05, 0.1) is 38.5 Å². The maximum Gasteiger partial charge on any atom is 0.246 e. The molecule has 1 aliphatic rings. The molecule has 75 heavy (non-hydrogen) atoms. The molecule has 2 rings (SSSR count). The molecular formula is C44H76N16O15. The first kappa shape index (κ1) is 64.6. The number of nitrogens with one attached hydrogen (secondary N) is 10. The molecule has 0 aliphatic carbocycles. The highest BCUT2D eigenvalue weighted by molar-refractivity contribution is 5.98. The molecule has 1 heterocycles. The number of aromatic hydroxyl groups is 1. The van der Waals surface area contributed by atoms with E-state index in [0.29, 0.717) is 31.2 Å². The minimum absolute atomic E-state index is 0.0190. The van der Waals surface area contributed by atoms with Crippen molar-refractivity contribution in [1.82, 2.24) is 58.1 Å². The number of likely N-dealkylation sites (tertiary alicyclic amines) is 1. The van der Waals surface area contributed by atoms with Crippen LogP contribution in [-0.4, -0.2) is 209 Å². The number of aldehydes is 1. The van der Waals surface area contributed by atoms with Gasteiger partial charge in [-0.1, -0.05) is 12.1 Å². The summed E-state index contributed by atoms with van der Waals surface area (Å²) in [5.74, 6) is -8.48. The number of hydrogen-bond donors (Lipinski definition) is 20. The summed E-state index contributed by atoms with van der Waals surface area (Å²) in [6, 6.07) is -7.40. The van der Waals surface area contributed by atoms with E-state index in [1.807, 2.05) is 0 Å². The Morgan fingerprint density at radius 3 is 1.63 bits per heavy atom. The van der Waals surface area contributed by atoms with Gasteiger partial charge in [-0.25, -0.2) is 0 Å². The molecule has 31 nitrogen and oxygen atoms in total. The predicted molar refractivity (Wildman–Crippen MR) is 265 cm³/mol. The van der Waals surface area contributed by atoms with E-state index >= 15 is 0 Å². The Morgan fingerprint density at radius 1 is 0.653 bits per heavy atom. The number of carbonyl (C=O) groups is 10. The zero-order chi connectivity index (χ0) is 56.4. The van der Waals surface area contributed by atoms with E-state index < -0.39 is 153 Å². The first-order chi connectivity index (χ1) is 35.5. The molecule has 31 heteroatoms. The molecule has 2 unspecified atom stereocenters. The largest absolute Gasteiger partial charge is 0.508 e. The van der Waals surface area contributed by atoms with Crippen LogP contribution in [-0.2, 0) is 54.4 Å². The van der Waals surface area contributed by atoms with Crippen molar-refractivity contribution >= 4 is 59.5 Å².